The average molecular weight is 239 g/mol. The first-order chi connectivity index (χ1) is 8.04. The summed E-state index contributed by atoms with van der Waals surface area (Å²) < 4.78 is 1.71. The Morgan fingerprint density at radius 3 is 2.35 bits per heavy atom. The normalized spacial score (nSPS) is 18.7. The standard InChI is InChI=1S/C10H21N7/c1-10(2,8-11)17-6-4-16(5-7-17)9-12-13-14-15(9)3/h4-8,11H2,1-3H3. The van der Waals surface area contributed by atoms with E-state index in [2.05, 4.69) is 39.2 Å². The van der Waals surface area contributed by atoms with Crippen LogP contribution in [0.1, 0.15) is 13.8 Å². The van der Waals surface area contributed by atoms with E-state index in [1.165, 1.54) is 0 Å². The van der Waals surface area contributed by atoms with Crippen molar-refractivity contribution in [3.05, 3.63) is 0 Å². The van der Waals surface area contributed by atoms with Crippen LogP contribution in [0, 0.1) is 0 Å². The molecule has 0 unspecified atom stereocenters. The highest BCUT2D eigenvalue weighted by Crippen LogP contribution is 2.17. The number of hydrogen-bond acceptors (Lipinski definition) is 6. The van der Waals surface area contributed by atoms with E-state index in [0.717, 1.165) is 32.1 Å². The highest BCUT2D eigenvalue weighted by molar-refractivity contribution is 5.28. The van der Waals surface area contributed by atoms with Gasteiger partial charge in [0, 0.05) is 45.3 Å². The molecule has 0 bridgehead atoms. The Kier molecular flexibility index (Phi) is 3.30. The molecule has 0 amide bonds. The number of tetrazole rings is 1. The largest absolute Gasteiger partial charge is 0.337 e. The zero-order chi connectivity index (χ0) is 12.5. The van der Waals surface area contributed by atoms with Crippen LogP contribution >= 0.6 is 0 Å². The lowest BCUT2D eigenvalue weighted by molar-refractivity contribution is 0.118. The maximum Gasteiger partial charge on any atom is 0.245 e. The van der Waals surface area contributed by atoms with Crippen molar-refractivity contribution in [2.24, 2.45) is 12.8 Å². The third kappa shape index (κ3) is 2.39. The van der Waals surface area contributed by atoms with Gasteiger partial charge in [-0.05, 0) is 24.3 Å². The van der Waals surface area contributed by atoms with Crippen LogP contribution in [-0.2, 0) is 7.05 Å². The molecule has 0 aliphatic carbocycles. The van der Waals surface area contributed by atoms with E-state index >= 15 is 0 Å². The number of hydrogen-bond donors (Lipinski definition) is 1. The SMILES string of the molecule is Cn1nnnc1N1CCN(C(C)(C)CN)CC1. The van der Waals surface area contributed by atoms with Gasteiger partial charge in [0.05, 0.1) is 0 Å². The first-order valence-corrected chi connectivity index (χ1v) is 5.97. The zero-order valence-corrected chi connectivity index (χ0v) is 10.8. The molecule has 0 saturated carbocycles. The van der Waals surface area contributed by atoms with Gasteiger partial charge in [0.25, 0.3) is 0 Å². The Morgan fingerprint density at radius 1 is 1.24 bits per heavy atom. The second kappa shape index (κ2) is 4.58. The molecule has 1 fully saturated rings. The van der Waals surface area contributed by atoms with Gasteiger partial charge in [-0.25, -0.2) is 4.68 Å². The fourth-order valence-corrected chi connectivity index (χ4v) is 2.13. The maximum atomic E-state index is 5.80. The van der Waals surface area contributed by atoms with Gasteiger partial charge in [-0.3, -0.25) is 4.90 Å². The van der Waals surface area contributed by atoms with E-state index in [-0.39, 0.29) is 5.54 Å². The quantitative estimate of drug-likeness (QED) is 0.734. The number of aryl methyl sites for hydroxylation is 1. The average Bonchev–Trinajstić information content (AvgIpc) is 2.76. The van der Waals surface area contributed by atoms with E-state index in [1.807, 2.05) is 7.05 Å². The van der Waals surface area contributed by atoms with Crippen molar-refractivity contribution in [2.75, 3.05) is 37.6 Å². The Balaban J connectivity index is 1.97. The molecule has 0 radical (unpaired) electrons. The van der Waals surface area contributed by atoms with E-state index in [1.54, 1.807) is 4.68 Å². The molecule has 2 rings (SSSR count). The van der Waals surface area contributed by atoms with Gasteiger partial charge in [-0.2, -0.15) is 0 Å². The molecule has 1 aliphatic rings. The predicted molar refractivity (Wildman–Crippen MR) is 65.7 cm³/mol. The third-order valence-corrected chi connectivity index (χ3v) is 3.52. The molecule has 1 aromatic rings. The molecular weight excluding hydrogens is 218 g/mol. The number of rotatable bonds is 3. The molecule has 1 aliphatic heterocycles. The van der Waals surface area contributed by atoms with Gasteiger partial charge in [0.1, 0.15) is 0 Å². The lowest BCUT2D eigenvalue weighted by atomic mass is 10.0. The minimum absolute atomic E-state index is 0.0736. The minimum atomic E-state index is 0.0736. The van der Waals surface area contributed by atoms with Crippen molar-refractivity contribution >= 4 is 5.95 Å². The fourth-order valence-electron chi connectivity index (χ4n) is 2.13. The zero-order valence-electron chi connectivity index (χ0n) is 10.8. The van der Waals surface area contributed by atoms with Gasteiger partial charge < -0.3 is 10.6 Å². The second-order valence-electron chi connectivity index (χ2n) is 5.09. The summed E-state index contributed by atoms with van der Waals surface area (Å²) in [7, 11) is 1.87. The predicted octanol–water partition coefficient (Wildman–Crippen LogP) is -0.931. The van der Waals surface area contributed by atoms with Crippen molar-refractivity contribution in [1.29, 1.82) is 0 Å². The highest BCUT2D eigenvalue weighted by atomic mass is 15.6. The Hall–Kier alpha value is -1.21. The lowest BCUT2D eigenvalue weighted by Gasteiger charge is -2.43. The van der Waals surface area contributed by atoms with Crippen molar-refractivity contribution in [3.8, 4) is 0 Å². The first kappa shape index (κ1) is 12.3. The van der Waals surface area contributed by atoms with E-state index < -0.39 is 0 Å². The molecule has 0 atom stereocenters. The van der Waals surface area contributed by atoms with E-state index in [4.69, 9.17) is 5.73 Å². The molecule has 1 saturated heterocycles. The Labute approximate surface area is 102 Å². The molecule has 7 nitrogen and oxygen atoms in total. The molecule has 0 aromatic carbocycles. The molecule has 1 aromatic heterocycles. The summed E-state index contributed by atoms with van der Waals surface area (Å²) in [6.07, 6.45) is 0. The Bertz CT molecular complexity index is 364. The number of anilines is 1. The molecule has 96 valence electrons. The maximum absolute atomic E-state index is 5.80. The summed E-state index contributed by atoms with van der Waals surface area (Å²) in [5.74, 6) is 0.843. The lowest BCUT2D eigenvalue weighted by Crippen LogP contribution is -2.57. The van der Waals surface area contributed by atoms with Crippen LogP contribution < -0.4 is 10.6 Å². The van der Waals surface area contributed by atoms with Crippen LogP contribution in [0.5, 0.6) is 0 Å². The summed E-state index contributed by atoms with van der Waals surface area (Å²) in [6.45, 7) is 8.93. The highest BCUT2D eigenvalue weighted by Gasteiger charge is 2.29. The molecule has 0 spiro atoms. The van der Waals surface area contributed by atoms with Gasteiger partial charge in [-0.15, -0.1) is 0 Å². The van der Waals surface area contributed by atoms with Gasteiger partial charge in [0.15, 0.2) is 0 Å². The third-order valence-electron chi connectivity index (χ3n) is 3.52. The monoisotopic (exact) mass is 239 g/mol. The van der Waals surface area contributed by atoms with E-state index in [9.17, 15) is 0 Å². The number of piperazine rings is 1. The molecule has 17 heavy (non-hydrogen) atoms. The number of aromatic nitrogens is 4. The molecular formula is C10H21N7. The van der Waals surface area contributed by atoms with Crippen LogP contribution in [0.2, 0.25) is 0 Å². The summed E-state index contributed by atoms with van der Waals surface area (Å²) in [5, 5.41) is 11.6. The van der Waals surface area contributed by atoms with Crippen molar-refractivity contribution < 1.29 is 0 Å². The topological polar surface area (TPSA) is 76.1 Å². The second-order valence-corrected chi connectivity index (χ2v) is 5.09. The Morgan fingerprint density at radius 2 is 1.88 bits per heavy atom. The van der Waals surface area contributed by atoms with Crippen molar-refractivity contribution in [3.63, 3.8) is 0 Å². The summed E-state index contributed by atoms with van der Waals surface area (Å²) in [5.41, 5.74) is 5.87. The molecule has 7 heteroatoms. The summed E-state index contributed by atoms with van der Waals surface area (Å²) >= 11 is 0. The minimum Gasteiger partial charge on any atom is -0.337 e. The van der Waals surface area contributed by atoms with Crippen LogP contribution in [0.3, 0.4) is 0 Å². The fraction of sp³-hybridized carbons (Fsp3) is 0.900. The number of nitrogens with zero attached hydrogens (tertiary/aromatic N) is 6. The van der Waals surface area contributed by atoms with Gasteiger partial charge in [0.2, 0.25) is 5.95 Å². The van der Waals surface area contributed by atoms with Crippen molar-refractivity contribution in [1.82, 2.24) is 25.1 Å². The van der Waals surface area contributed by atoms with Crippen molar-refractivity contribution in [2.45, 2.75) is 19.4 Å². The van der Waals surface area contributed by atoms with Crippen LogP contribution in [0.25, 0.3) is 0 Å². The summed E-state index contributed by atoms with van der Waals surface area (Å²) in [4.78, 5) is 4.64. The van der Waals surface area contributed by atoms with Crippen LogP contribution in [-0.4, -0.2) is 63.4 Å². The van der Waals surface area contributed by atoms with Gasteiger partial charge in [-0.1, -0.05) is 5.10 Å². The smallest absolute Gasteiger partial charge is 0.245 e. The number of nitrogens with two attached hydrogens (primary N) is 1. The van der Waals surface area contributed by atoms with Gasteiger partial charge >= 0.3 is 0 Å². The summed E-state index contributed by atoms with van der Waals surface area (Å²) in [6, 6.07) is 0. The molecule has 2 heterocycles. The van der Waals surface area contributed by atoms with Crippen LogP contribution in [0.4, 0.5) is 5.95 Å². The van der Waals surface area contributed by atoms with E-state index in [0.29, 0.717) is 6.54 Å². The molecule has 2 N–H and O–H groups in total. The van der Waals surface area contributed by atoms with Crippen LogP contribution in [0.15, 0.2) is 0 Å². The first-order valence-electron chi connectivity index (χ1n) is 5.97.